The predicted molar refractivity (Wildman–Crippen MR) is 96.9 cm³/mol. The molecule has 0 fully saturated rings. The van der Waals surface area contributed by atoms with Gasteiger partial charge < -0.3 is 10.1 Å². The second-order valence-electron chi connectivity index (χ2n) is 6.14. The highest BCUT2D eigenvalue weighted by atomic mass is 19.1. The van der Waals surface area contributed by atoms with Crippen LogP contribution in [0.2, 0.25) is 0 Å². The van der Waals surface area contributed by atoms with Crippen molar-refractivity contribution in [3.8, 4) is 11.4 Å². The molecule has 2 aromatic carbocycles. The first-order chi connectivity index (χ1) is 12.5. The lowest BCUT2D eigenvalue weighted by molar-refractivity contribution is 0.0951. The molecule has 0 spiro atoms. The van der Waals surface area contributed by atoms with Crippen LogP contribution in [0.5, 0.6) is 5.75 Å². The van der Waals surface area contributed by atoms with Gasteiger partial charge in [0, 0.05) is 12.7 Å². The van der Waals surface area contributed by atoms with Crippen LogP contribution in [0, 0.1) is 5.82 Å². The molecule has 0 bridgehead atoms. The maximum atomic E-state index is 13.0. The minimum absolute atomic E-state index is 0.123. The number of hydrogen-bond donors (Lipinski definition) is 1. The summed E-state index contributed by atoms with van der Waals surface area (Å²) in [6, 6.07) is 13.5. The van der Waals surface area contributed by atoms with E-state index in [9.17, 15) is 9.18 Å². The molecule has 26 heavy (non-hydrogen) atoms. The number of amides is 1. The maximum Gasteiger partial charge on any atom is 0.254 e. The summed E-state index contributed by atoms with van der Waals surface area (Å²) in [6.45, 7) is 4.35. The molecule has 0 unspecified atom stereocenters. The summed E-state index contributed by atoms with van der Waals surface area (Å²) in [5.74, 6) is 0.264. The number of carbonyl (C=O) groups is 1. The van der Waals surface area contributed by atoms with E-state index in [-0.39, 0.29) is 17.8 Å². The Morgan fingerprint density at radius 1 is 1.15 bits per heavy atom. The average Bonchev–Trinajstić information content (AvgIpc) is 3.11. The predicted octanol–water partition coefficient (Wildman–Crippen LogP) is 3.73. The van der Waals surface area contributed by atoms with E-state index in [1.54, 1.807) is 18.3 Å². The number of rotatable bonds is 6. The van der Waals surface area contributed by atoms with Crippen LogP contribution in [0.25, 0.3) is 5.69 Å². The molecular formula is C20H20FN3O2. The number of nitrogens with one attached hydrogen (secondary N) is 1. The molecule has 5 nitrogen and oxygen atoms in total. The molecule has 0 radical (unpaired) electrons. The lowest BCUT2D eigenvalue weighted by Crippen LogP contribution is -2.22. The molecule has 1 aromatic heterocycles. The van der Waals surface area contributed by atoms with E-state index in [2.05, 4.69) is 10.4 Å². The summed E-state index contributed by atoms with van der Waals surface area (Å²) in [5.41, 5.74) is 2.10. The van der Waals surface area contributed by atoms with Crippen LogP contribution in [0.4, 0.5) is 4.39 Å². The van der Waals surface area contributed by atoms with Crippen LogP contribution >= 0.6 is 0 Å². The quantitative estimate of drug-likeness (QED) is 0.735. The Hall–Kier alpha value is -3.15. The Labute approximate surface area is 151 Å². The summed E-state index contributed by atoms with van der Waals surface area (Å²) in [4.78, 5) is 12.3. The summed E-state index contributed by atoms with van der Waals surface area (Å²) in [6.07, 6.45) is 3.22. The van der Waals surface area contributed by atoms with Gasteiger partial charge in [-0.1, -0.05) is 12.1 Å². The van der Waals surface area contributed by atoms with E-state index < -0.39 is 0 Å². The molecule has 3 aromatic rings. The zero-order valence-electron chi connectivity index (χ0n) is 14.6. The van der Waals surface area contributed by atoms with Gasteiger partial charge in [-0.3, -0.25) is 4.79 Å². The number of ether oxygens (including phenoxy) is 1. The molecule has 134 valence electrons. The fraction of sp³-hybridized carbons (Fsp3) is 0.200. The van der Waals surface area contributed by atoms with Crippen LogP contribution in [-0.2, 0) is 6.54 Å². The zero-order chi connectivity index (χ0) is 18.5. The molecule has 6 heteroatoms. The molecule has 0 saturated heterocycles. The van der Waals surface area contributed by atoms with Crippen LogP contribution in [0.15, 0.2) is 60.9 Å². The van der Waals surface area contributed by atoms with Crippen LogP contribution in [0.3, 0.4) is 0 Å². The van der Waals surface area contributed by atoms with Crippen LogP contribution in [0.1, 0.15) is 29.8 Å². The number of hydrogen-bond acceptors (Lipinski definition) is 3. The third-order valence-electron chi connectivity index (χ3n) is 3.68. The Morgan fingerprint density at radius 2 is 1.85 bits per heavy atom. The molecule has 1 amide bonds. The molecule has 0 aliphatic rings. The van der Waals surface area contributed by atoms with Gasteiger partial charge in [-0.25, -0.2) is 9.07 Å². The fourth-order valence-electron chi connectivity index (χ4n) is 2.42. The Bertz CT molecular complexity index is 871. The molecular weight excluding hydrogens is 333 g/mol. The summed E-state index contributed by atoms with van der Waals surface area (Å²) >= 11 is 0. The van der Waals surface area contributed by atoms with E-state index >= 15 is 0 Å². The van der Waals surface area contributed by atoms with E-state index in [4.69, 9.17) is 4.74 Å². The number of halogens is 1. The van der Waals surface area contributed by atoms with Crippen LogP contribution < -0.4 is 10.1 Å². The lowest BCUT2D eigenvalue weighted by atomic mass is 10.2. The first-order valence-corrected chi connectivity index (χ1v) is 8.35. The van der Waals surface area contributed by atoms with Crippen molar-refractivity contribution >= 4 is 5.91 Å². The zero-order valence-corrected chi connectivity index (χ0v) is 14.6. The van der Waals surface area contributed by atoms with E-state index in [0.29, 0.717) is 17.8 Å². The van der Waals surface area contributed by atoms with Gasteiger partial charge in [0.2, 0.25) is 0 Å². The van der Waals surface area contributed by atoms with Crippen molar-refractivity contribution in [3.05, 3.63) is 77.9 Å². The van der Waals surface area contributed by atoms with Crippen molar-refractivity contribution in [2.75, 3.05) is 0 Å². The maximum absolute atomic E-state index is 13.0. The van der Waals surface area contributed by atoms with Crippen molar-refractivity contribution in [1.29, 1.82) is 0 Å². The topological polar surface area (TPSA) is 56.1 Å². The van der Waals surface area contributed by atoms with Crippen molar-refractivity contribution < 1.29 is 13.9 Å². The standard InChI is InChI=1S/C20H20FN3O2/c1-14(2)26-19-9-3-15(4-10-19)11-22-20(25)16-12-23-24(13-16)18-7-5-17(21)6-8-18/h3-10,12-14H,11H2,1-2H3,(H,22,25). The fourth-order valence-corrected chi connectivity index (χ4v) is 2.42. The van der Waals surface area contributed by atoms with Crippen molar-refractivity contribution in [2.24, 2.45) is 0 Å². The summed E-state index contributed by atoms with van der Waals surface area (Å²) in [5, 5.41) is 7.00. The third-order valence-corrected chi connectivity index (χ3v) is 3.68. The van der Waals surface area contributed by atoms with Crippen molar-refractivity contribution in [2.45, 2.75) is 26.5 Å². The molecule has 0 atom stereocenters. The highest BCUT2D eigenvalue weighted by molar-refractivity contribution is 5.93. The van der Waals surface area contributed by atoms with Gasteiger partial charge in [0.25, 0.3) is 5.91 Å². The molecule has 1 N–H and O–H groups in total. The van der Waals surface area contributed by atoms with E-state index in [1.165, 1.54) is 23.0 Å². The molecule has 0 saturated carbocycles. The minimum Gasteiger partial charge on any atom is -0.491 e. The van der Waals surface area contributed by atoms with Gasteiger partial charge in [0.1, 0.15) is 11.6 Å². The van der Waals surface area contributed by atoms with Gasteiger partial charge in [0.15, 0.2) is 0 Å². The lowest BCUT2D eigenvalue weighted by Gasteiger charge is -2.10. The van der Waals surface area contributed by atoms with Crippen molar-refractivity contribution in [3.63, 3.8) is 0 Å². The second kappa shape index (κ2) is 7.82. The number of carbonyl (C=O) groups excluding carboxylic acids is 1. The Balaban J connectivity index is 1.59. The van der Waals surface area contributed by atoms with E-state index in [0.717, 1.165) is 11.3 Å². The van der Waals surface area contributed by atoms with Gasteiger partial charge >= 0.3 is 0 Å². The molecule has 3 rings (SSSR count). The summed E-state index contributed by atoms with van der Waals surface area (Å²) in [7, 11) is 0. The first-order valence-electron chi connectivity index (χ1n) is 8.35. The Morgan fingerprint density at radius 3 is 2.50 bits per heavy atom. The molecule has 0 aliphatic heterocycles. The van der Waals surface area contributed by atoms with Gasteiger partial charge in [0.05, 0.1) is 23.6 Å². The van der Waals surface area contributed by atoms with Gasteiger partial charge in [-0.2, -0.15) is 5.10 Å². The van der Waals surface area contributed by atoms with Gasteiger partial charge in [-0.05, 0) is 55.8 Å². The number of benzene rings is 2. The smallest absolute Gasteiger partial charge is 0.254 e. The summed E-state index contributed by atoms with van der Waals surface area (Å²) < 4.78 is 20.1. The minimum atomic E-state index is -0.316. The molecule has 0 aliphatic carbocycles. The highest BCUT2D eigenvalue weighted by Gasteiger charge is 2.09. The monoisotopic (exact) mass is 353 g/mol. The normalized spacial score (nSPS) is 10.8. The number of nitrogens with zero attached hydrogens (tertiary/aromatic N) is 2. The molecule has 1 heterocycles. The van der Waals surface area contributed by atoms with Crippen LogP contribution in [-0.4, -0.2) is 21.8 Å². The average molecular weight is 353 g/mol. The SMILES string of the molecule is CC(C)Oc1ccc(CNC(=O)c2cnn(-c3ccc(F)cc3)c2)cc1. The second-order valence-corrected chi connectivity index (χ2v) is 6.14. The van der Waals surface area contributed by atoms with E-state index in [1.807, 2.05) is 38.1 Å². The van der Waals surface area contributed by atoms with Gasteiger partial charge in [-0.15, -0.1) is 0 Å². The first kappa shape index (κ1) is 17.7. The highest BCUT2D eigenvalue weighted by Crippen LogP contribution is 2.14. The van der Waals surface area contributed by atoms with Crippen molar-refractivity contribution in [1.82, 2.24) is 15.1 Å². The largest absolute Gasteiger partial charge is 0.491 e. The third kappa shape index (κ3) is 4.47. The Kier molecular flexibility index (Phi) is 5.31. The number of aromatic nitrogens is 2.